The highest BCUT2D eigenvalue weighted by Crippen LogP contribution is 2.37. The van der Waals surface area contributed by atoms with Crippen molar-refractivity contribution in [1.82, 2.24) is 4.57 Å². The molecule has 1 atom stereocenters. The Labute approximate surface area is 142 Å². The van der Waals surface area contributed by atoms with Gasteiger partial charge in [0.1, 0.15) is 0 Å². The predicted molar refractivity (Wildman–Crippen MR) is 97.0 cm³/mol. The number of ether oxygens (including phenoxy) is 1. The fourth-order valence-electron chi connectivity index (χ4n) is 2.15. The summed E-state index contributed by atoms with van der Waals surface area (Å²) in [5.74, 6) is -0.120. The van der Waals surface area contributed by atoms with Crippen molar-refractivity contribution in [3.63, 3.8) is 0 Å². The van der Waals surface area contributed by atoms with Crippen molar-refractivity contribution in [2.75, 3.05) is 6.61 Å². The van der Waals surface area contributed by atoms with Gasteiger partial charge in [-0.2, -0.15) is 0 Å². The van der Waals surface area contributed by atoms with Crippen LogP contribution in [0.4, 0.5) is 0 Å². The number of carbonyl (C=O) groups excluding carboxylic acids is 1. The van der Waals surface area contributed by atoms with Gasteiger partial charge in [-0.15, -0.1) is 0 Å². The van der Waals surface area contributed by atoms with Gasteiger partial charge in [0.25, 0.3) is 0 Å². The van der Waals surface area contributed by atoms with Crippen molar-refractivity contribution < 1.29 is 14.0 Å². The molecule has 0 amide bonds. The molecule has 1 aromatic heterocycles. The number of hydrogen-bond donors (Lipinski definition) is 0. The quantitative estimate of drug-likeness (QED) is 0.499. The second-order valence-corrected chi connectivity index (χ2v) is 12.5. The number of esters is 1. The van der Waals surface area contributed by atoms with Crippen LogP contribution >= 0.6 is 0 Å². The second-order valence-electron chi connectivity index (χ2n) is 7.65. The number of rotatable bonds is 8. The summed E-state index contributed by atoms with van der Waals surface area (Å²) in [4.78, 5) is 11.5. The standard InChI is InChI=1S/C18H33NO3Si/c1-8-21-17(20)12-11-15(2)19-13-9-10-16(19)14-22-23(6,7)18(3,4)5/h9-10,13,15H,8,11-12,14H2,1-7H3. The van der Waals surface area contributed by atoms with Crippen LogP contribution in [-0.4, -0.2) is 25.5 Å². The van der Waals surface area contributed by atoms with Gasteiger partial charge < -0.3 is 13.7 Å². The maximum absolute atomic E-state index is 11.5. The summed E-state index contributed by atoms with van der Waals surface area (Å²) in [5, 5.41) is 0.208. The molecule has 0 aliphatic rings. The molecule has 0 saturated carbocycles. The molecule has 0 aromatic carbocycles. The SMILES string of the molecule is CCOC(=O)CCC(C)n1cccc1CO[Si](C)(C)C(C)(C)C. The molecule has 0 fully saturated rings. The molecule has 0 aliphatic carbocycles. The van der Waals surface area contributed by atoms with Crippen molar-refractivity contribution in [1.29, 1.82) is 0 Å². The Morgan fingerprint density at radius 1 is 1.35 bits per heavy atom. The lowest BCUT2D eigenvalue weighted by Gasteiger charge is -2.36. The van der Waals surface area contributed by atoms with Crippen molar-refractivity contribution in [2.24, 2.45) is 0 Å². The van der Waals surface area contributed by atoms with E-state index in [9.17, 15) is 4.79 Å². The predicted octanol–water partition coefficient (Wildman–Crippen LogP) is 4.91. The Hall–Kier alpha value is -1.07. The van der Waals surface area contributed by atoms with E-state index in [1.807, 2.05) is 13.0 Å². The average Bonchev–Trinajstić information content (AvgIpc) is 2.90. The Bertz CT molecular complexity index is 503. The molecule has 1 heterocycles. The summed E-state index contributed by atoms with van der Waals surface area (Å²) in [6.07, 6.45) is 3.30. The number of hydrogen-bond acceptors (Lipinski definition) is 3. The van der Waals surface area contributed by atoms with E-state index in [1.54, 1.807) is 0 Å². The lowest BCUT2D eigenvalue weighted by Crippen LogP contribution is -2.40. The lowest BCUT2D eigenvalue weighted by atomic mass is 10.2. The molecule has 5 heteroatoms. The van der Waals surface area contributed by atoms with E-state index in [2.05, 4.69) is 57.6 Å². The van der Waals surface area contributed by atoms with Crippen LogP contribution in [0, 0.1) is 0 Å². The van der Waals surface area contributed by atoms with Crippen LogP contribution in [0.15, 0.2) is 18.3 Å². The first-order valence-corrected chi connectivity index (χ1v) is 11.4. The van der Waals surface area contributed by atoms with E-state index in [0.717, 1.165) is 6.42 Å². The maximum Gasteiger partial charge on any atom is 0.305 e. The summed E-state index contributed by atoms with van der Waals surface area (Å²) >= 11 is 0. The average molecular weight is 340 g/mol. The zero-order valence-electron chi connectivity index (χ0n) is 15.8. The van der Waals surface area contributed by atoms with Gasteiger partial charge in [0.15, 0.2) is 8.32 Å². The lowest BCUT2D eigenvalue weighted by molar-refractivity contribution is -0.143. The highest BCUT2D eigenvalue weighted by Gasteiger charge is 2.37. The second kappa shape index (κ2) is 8.15. The molecule has 4 nitrogen and oxygen atoms in total. The van der Waals surface area contributed by atoms with Crippen molar-refractivity contribution in [2.45, 2.75) is 78.2 Å². The van der Waals surface area contributed by atoms with Crippen molar-refractivity contribution in [3.05, 3.63) is 24.0 Å². The molecule has 23 heavy (non-hydrogen) atoms. The van der Waals surface area contributed by atoms with E-state index in [0.29, 0.717) is 19.6 Å². The molecule has 0 aliphatic heterocycles. The van der Waals surface area contributed by atoms with Crippen LogP contribution in [0.2, 0.25) is 18.1 Å². The van der Waals surface area contributed by atoms with E-state index in [1.165, 1.54) is 5.69 Å². The summed E-state index contributed by atoms with van der Waals surface area (Å²) in [6.45, 7) is 16.3. The first-order valence-electron chi connectivity index (χ1n) is 8.53. The van der Waals surface area contributed by atoms with Gasteiger partial charge in [0, 0.05) is 24.4 Å². The summed E-state index contributed by atoms with van der Waals surface area (Å²) in [7, 11) is -1.75. The molecule has 1 aromatic rings. The van der Waals surface area contributed by atoms with E-state index < -0.39 is 8.32 Å². The molecule has 1 rings (SSSR count). The fraction of sp³-hybridized carbons (Fsp3) is 0.722. The minimum absolute atomic E-state index is 0.120. The minimum atomic E-state index is -1.75. The maximum atomic E-state index is 11.5. The monoisotopic (exact) mass is 339 g/mol. The molecule has 0 bridgehead atoms. The Morgan fingerprint density at radius 3 is 2.57 bits per heavy atom. The third kappa shape index (κ3) is 5.81. The van der Waals surface area contributed by atoms with Crippen LogP contribution in [0.1, 0.15) is 59.2 Å². The summed E-state index contributed by atoms with van der Waals surface area (Å²) in [6, 6.07) is 4.41. The minimum Gasteiger partial charge on any atom is -0.466 e. The largest absolute Gasteiger partial charge is 0.466 e. The number of aromatic nitrogens is 1. The molecule has 1 unspecified atom stereocenters. The van der Waals surface area contributed by atoms with Gasteiger partial charge >= 0.3 is 5.97 Å². The molecule has 0 radical (unpaired) electrons. The molecule has 0 spiro atoms. The van der Waals surface area contributed by atoms with Crippen LogP contribution in [0.25, 0.3) is 0 Å². The Balaban J connectivity index is 2.64. The van der Waals surface area contributed by atoms with E-state index in [-0.39, 0.29) is 17.0 Å². The van der Waals surface area contributed by atoms with Crippen LogP contribution in [0.3, 0.4) is 0 Å². The zero-order valence-corrected chi connectivity index (χ0v) is 16.8. The Kier molecular flexibility index (Phi) is 7.08. The number of carbonyl (C=O) groups is 1. The highest BCUT2D eigenvalue weighted by molar-refractivity contribution is 6.74. The van der Waals surface area contributed by atoms with Crippen molar-refractivity contribution in [3.8, 4) is 0 Å². The van der Waals surface area contributed by atoms with Gasteiger partial charge in [-0.25, -0.2) is 0 Å². The van der Waals surface area contributed by atoms with Crippen molar-refractivity contribution >= 4 is 14.3 Å². The van der Waals surface area contributed by atoms with Crippen LogP contribution in [0.5, 0.6) is 0 Å². The molecule has 132 valence electrons. The summed E-state index contributed by atoms with van der Waals surface area (Å²) in [5.41, 5.74) is 1.17. The third-order valence-electron chi connectivity index (χ3n) is 4.80. The van der Waals surface area contributed by atoms with E-state index in [4.69, 9.17) is 9.16 Å². The van der Waals surface area contributed by atoms with Gasteiger partial charge in [-0.05, 0) is 50.5 Å². The van der Waals surface area contributed by atoms with E-state index >= 15 is 0 Å². The highest BCUT2D eigenvalue weighted by atomic mass is 28.4. The van der Waals surface area contributed by atoms with Gasteiger partial charge in [0.05, 0.1) is 13.2 Å². The molecule has 0 N–H and O–H groups in total. The van der Waals surface area contributed by atoms with Gasteiger partial charge in [0.2, 0.25) is 0 Å². The first kappa shape index (κ1) is 20.0. The molecule has 0 saturated heterocycles. The number of nitrogens with zero attached hydrogens (tertiary/aromatic N) is 1. The smallest absolute Gasteiger partial charge is 0.305 e. The summed E-state index contributed by atoms with van der Waals surface area (Å²) < 4.78 is 13.5. The normalized spacial score (nSPS) is 13.9. The van der Waals surface area contributed by atoms with Gasteiger partial charge in [-0.1, -0.05) is 20.8 Å². The zero-order chi connectivity index (χ0) is 17.7. The molecular weight excluding hydrogens is 306 g/mol. The fourth-order valence-corrected chi connectivity index (χ4v) is 3.09. The topological polar surface area (TPSA) is 40.5 Å². The first-order chi connectivity index (χ1) is 10.6. The van der Waals surface area contributed by atoms with Crippen LogP contribution in [-0.2, 0) is 20.6 Å². The third-order valence-corrected chi connectivity index (χ3v) is 9.28. The Morgan fingerprint density at radius 2 is 2.00 bits per heavy atom. The van der Waals surface area contributed by atoms with Crippen LogP contribution < -0.4 is 0 Å². The van der Waals surface area contributed by atoms with Gasteiger partial charge in [-0.3, -0.25) is 4.79 Å². The molecular formula is C18H33NO3Si.